The topological polar surface area (TPSA) is 88.3 Å². The molecule has 3 N–H and O–H groups in total. The molecule has 0 atom stereocenters. The van der Waals surface area contributed by atoms with Gasteiger partial charge in [-0.15, -0.1) is 0 Å². The molecule has 1 aromatic heterocycles. The van der Waals surface area contributed by atoms with E-state index in [2.05, 4.69) is 5.32 Å². The van der Waals surface area contributed by atoms with Gasteiger partial charge in [0.05, 0.1) is 5.56 Å². The molecule has 0 bridgehead atoms. The Balaban J connectivity index is 1.67. The maximum atomic E-state index is 13.9. The summed E-state index contributed by atoms with van der Waals surface area (Å²) >= 11 is 0. The molecule has 164 valence electrons. The highest BCUT2D eigenvalue weighted by atomic mass is 19.3. The van der Waals surface area contributed by atoms with Crippen LogP contribution in [0.4, 0.5) is 20.3 Å². The van der Waals surface area contributed by atoms with E-state index >= 15 is 0 Å². The summed E-state index contributed by atoms with van der Waals surface area (Å²) in [6.07, 6.45) is 3.67. The van der Waals surface area contributed by atoms with Crippen LogP contribution in [0.25, 0.3) is 0 Å². The number of alkyl halides is 2. The van der Waals surface area contributed by atoms with Gasteiger partial charge in [-0.05, 0) is 61.9 Å². The van der Waals surface area contributed by atoms with E-state index in [1.165, 1.54) is 6.07 Å². The van der Waals surface area contributed by atoms with Crippen LogP contribution in [-0.4, -0.2) is 35.8 Å². The fourth-order valence-electron chi connectivity index (χ4n) is 4.26. The molecule has 0 spiro atoms. The molecule has 8 heteroatoms. The first-order valence-corrected chi connectivity index (χ1v) is 10.7. The summed E-state index contributed by atoms with van der Waals surface area (Å²) in [7, 11) is 0. The normalized spacial score (nSPS) is 18.1. The van der Waals surface area contributed by atoms with Gasteiger partial charge in [0.1, 0.15) is 5.82 Å². The van der Waals surface area contributed by atoms with E-state index in [1.807, 2.05) is 11.0 Å². The number of hydrogen-bond acceptors (Lipinski definition) is 4. The second-order valence-electron chi connectivity index (χ2n) is 8.27. The molecule has 2 aromatic rings. The van der Waals surface area contributed by atoms with Gasteiger partial charge in [-0.1, -0.05) is 6.07 Å². The number of pyridine rings is 1. The lowest BCUT2D eigenvalue weighted by atomic mass is 9.94. The van der Waals surface area contributed by atoms with E-state index in [0.717, 1.165) is 36.9 Å². The second kappa shape index (κ2) is 8.61. The second-order valence-corrected chi connectivity index (χ2v) is 8.27. The van der Waals surface area contributed by atoms with Crippen molar-refractivity contribution in [3.63, 3.8) is 0 Å². The number of amides is 2. The van der Waals surface area contributed by atoms with Crippen molar-refractivity contribution in [1.82, 2.24) is 4.98 Å². The number of nitrogens with two attached hydrogens (primary N) is 1. The maximum Gasteiger partial charge on any atom is 0.259 e. The van der Waals surface area contributed by atoms with Crippen LogP contribution in [0, 0.1) is 0 Å². The van der Waals surface area contributed by atoms with Crippen LogP contribution in [0.3, 0.4) is 0 Å². The zero-order valence-corrected chi connectivity index (χ0v) is 17.3. The van der Waals surface area contributed by atoms with Gasteiger partial charge in [0, 0.05) is 42.9 Å². The zero-order valence-electron chi connectivity index (χ0n) is 17.3. The van der Waals surface area contributed by atoms with Gasteiger partial charge in [-0.25, -0.2) is 13.8 Å². The van der Waals surface area contributed by atoms with E-state index < -0.39 is 11.8 Å². The van der Waals surface area contributed by atoms with Crippen molar-refractivity contribution in [2.45, 2.75) is 50.9 Å². The van der Waals surface area contributed by atoms with Crippen molar-refractivity contribution in [2.75, 3.05) is 23.3 Å². The average Bonchev–Trinajstić information content (AvgIpc) is 2.93. The number of benzene rings is 1. The largest absolute Gasteiger partial charge is 0.366 e. The summed E-state index contributed by atoms with van der Waals surface area (Å²) in [6.45, 7) is 0.578. The number of nitrogens with zero attached hydrogens (tertiary/aromatic N) is 2. The summed E-state index contributed by atoms with van der Waals surface area (Å²) in [5.74, 6) is -3.20. The summed E-state index contributed by atoms with van der Waals surface area (Å²) in [5, 5.41) is 2.81. The number of anilines is 2. The van der Waals surface area contributed by atoms with Crippen LogP contribution < -0.4 is 16.0 Å². The predicted molar refractivity (Wildman–Crippen MR) is 115 cm³/mol. The highest BCUT2D eigenvalue weighted by Gasteiger charge is 2.33. The molecule has 2 aliphatic rings. The Morgan fingerprint density at radius 1 is 1.06 bits per heavy atom. The number of fused-ring (bicyclic) bond motifs is 1. The number of halogens is 2. The van der Waals surface area contributed by atoms with Crippen LogP contribution in [0.15, 0.2) is 30.3 Å². The third-order valence-electron chi connectivity index (χ3n) is 5.95. The number of aromatic nitrogens is 1. The molecule has 2 amide bonds. The summed E-state index contributed by atoms with van der Waals surface area (Å²) in [6, 6.07) is 8.24. The number of rotatable bonds is 4. The Morgan fingerprint density at radius 3 is 2.68 bits per heavy atom. The lowest BCUT2D eigenvalue weighted by molar-refractivity contribution is -0.0102. The lowest BCUT2D eigenvalue weighted by Crippen LogP contribution is -2.30. The first-order valence-electron chi connectivity index (χ1n) is 10.7. The van der Waals surface area contributed by atoms with Crippen LogP contribution in [0.1, 0.15) is 64.1 Å². The minimum atomic E-state index is -2.69. The van der Waals surface area contributed by atoms with Gasteiger partial charge in [0.2, 0.25) is 11.8 Å². The highest BCUT2D eigenvalue weighted by Crippen LogP contribution is 2.33. The van der Waals surface area contributed by atoms with Gasteiger partial charge >= 0.3 is 0 Å². The molecule has 1 saturated heterocycles. The van der Waals surface area contributed by atoms with E-state index in [0.29, 0.717) is 30.0 Å². The van der Waals surface area contributed by atoms with Gasteiger partial charge in [0.25, 0.3) is 5.91 Å². The Kier molecular flexibility index (Phi) is 5.89. The molecular formula is C23H26F2N4O2. The molecule has 1 aliphatic heterocycles. The van der Waals surface area contributed by atoms with Crippen LogP contribution >= 0.6 is 0 Å². The monoisotopic (exact) mass is 428 g/mol. The molecule has 4 rings (SSSR count). The Labute approximate surface area is 179 Å². The van der Waals surface area contributed by atoms with E-state index in [9.17, 15) is 18.4 Å². The van der Waals surface area contributed by atoms with Crippen LogP contribution in [0.5, 0.6) is 0 Å². The van der Waals surface area contributed by atoms with Crippen molar-refractivity contribution >= 4 is 23.3 Å². The molecule has 2 heterocycles. The molecule has 1 aromatic carbocycles. The fourth-order valence-corrected chi connectivity index (χ4v) is 4.26. The van der Waals surface area contributed by atoms with Crippen molar-refractivity contribution in [3.8, 4) is 0 Å². The molecule has 6 nitrogen and oxygen atoms in total. The molecule has 0 saturated carbocycles. The number of carbonyl (C=O) groups is 2. The van der Waals surface area contributed by atoms with Crippen molar-refractivity contribution < 1.29 is 18.4 Å². The molecule has 0 unspecified atom stereocenters. The van der Waals surface area contributed by atoms with E-state index in [1.54, 1.807) is 18.2 Å². The molecule has 0 radical (unpaired) electrons. The van der Waals surface area contributed by atoms with Crippen molar-refractivity contribution in [3.05, 3.63) is 52.7 Å². The number of aryl methyl sites for hydroxylation is 2. The van der Waals surface area contributed by atoms with Crippen LogP contribution in [-0.2, 0) is 12.8 Å². The molecule has 1 fully saturated rings. The highest BCUT2D eigenvalue weighted by molar-refractivity contribution is 6.08. The number of primary amides is 1. The predicted octanol–water partition coefficient (Wildman–Crippen LogP) is 3.94. The van der Waals surface area contributed by atoms with Crippen molar-refractivity contribution in [1.29, 1.82) is 0 Å². The minimum absolute atomic E-state index is 0.149. The third kappa shape index (κ3) is 4.84. The van der Waals surface area contributed by atoms with E-state index in [-0.39, 0.29) is 30.9 Å². The number of carbonyl (C=O) groups excluding carboxylic acids is 2. The molecule has 1 aliphatic carbocycles. The van der Waals surface area contributed by atoms with Gasteiger partial charge in [-0.3, -0.25) is 9.59 Å². The Hall–Kier alpha value is -3.03. The standard InChI is InChI=1S/C23H26F2N4O2/c24-23(25)9-4-11-29(12-10-23)21-18(14-15-5-1-2-8-19(15)28-21)22(31)27-17-7-3-6-16(13-17)20(26)30/h3,6-7,13-14H,1-2,4-5,8-12H2,(H2,26,30)(H,27,31). The summed E-state index contributed by atoms with van der Waals surface area (Å²) in [5.41, 5.74) is 8.41. The SMILES string of the molecule is NC(=O)c1cccc(NC(=O)c2cc3c(nc2N2CCCC(F)(F)CC2)CCCC3)c1. The first kappa shape index (κ1) is 21.2. The Morgan fingerprint density at radius 2 is 1.87 bits per heavy atom. The quantitative estimate of drug-likeness (QED) is 0.772. The van der Waals surface area contributed by atoms with Gasteiger partial charge < -0.3 is 16.0 Å². The number of nitrogens with one attached hydrogen (secondary N) is 1. The van der Waals surface area contributed by atoms with E-state index in [4.69, 9.17) is 10.7 Å². The number of hydrogen-bond donors (Lipinski definition) is 2. The molecular weight excluding hydrogens is 402 g/mol. The summed E-state index contributed by atoms with van der Waals surface area (Å²) < 4.78 is 27.8. The maximum absolute atomic E-state index is 13.9. The fraction of sp³-hybridized carbons (Fsp3) is 0.435. The third-order valence-corrected chi connectivity index (χ3v) is 5.95. The smallest absolute Gasteiger partial charge is 0.259 e. The van der Waals surface area contributed by atoms with Crippen molar-refractivity contribution in [2.24, 2.45) is 5.73 Å². The van der Waals surface area contributed by atoms with Crippen LogP contribution in [0.2, 0.25) is 0 Å². The first-order chi connectivity index (χ1) is 14.8. The Bertz CT molecular complexity index is 1010. The lowest BCUT2D eigenvalue weighted by Gasteiger charge is -2.27. The molecule has 31 heavy (non-hydrogen) atoms. The summed E-state index contributed by atoms with van der Waals surface area (Å²) in [4.78, 5) is 31.3. The van der Waals surface area contributed by atoms with Gasteiger partial charge in [-0.2, -0.15) is 0 Å². The average molecular weight is 428 g/mol. The zero-order chi connectivity index (χ0) is 22.0. The van der Waals surface area contributed by atoms with Gasteiger partial charge in [0.15, 0.2) is 0 Å². The minimum Gasteiger partial charge on any atom is -0.366 e.